The number of anilines is 1. The summed E-state index contributed by atoms with van der Waals surface area (Å²) in [6.07, 6.45) is 1.66. The van der Waals surface area contributed by atoms with Gasteiger partial charge < -0.3 is 9.88 Å². The molecule has 0 unspecified atom stereocenters. The highest BCUT2D eigenvalue weighted by Gasteiger charge is 2.10. The Morgan fingerprint density at radius 2 is 1.86 bits per heavy atom. The lowest BCUT2D eigenvalue weighted by Gasteiger charge is -2.10. The average molecular weight is 504 g/mol. The Balaban J connectivity index is 1.70. The maximum atomic E-state index is 12.1. The van der Waals surface area contributed by atoms with Gasteiger partial charge in [0.15, 0.2) is 0 Å². The van der Waals surface area contributed by atoms with E-state index in [9.17, 15) is 4.79 Å². The molecule has 0 radical (unpaired) electrons. The molecular weight excluding hydrogens is 484 g/mol. The fraction of sp³-hybridized carbons (Fsp3) is 0.143. The first-order valence-electron chi connectivity index (χ1n) is 8.66. The van der Waals surface area contributed by atoms with E-state index in [4.69, 9.17) is 0 Å². The molecule has 0 aliphatic rings. The van der Waals surface area contributed by atoms with E-state index >= 15 is 0 Å². The Kier molecular flexibility index (Phi) is 6.36. The van der Waals surface area contributed by atoms with Gasteiger partial charge in [0, 0.05) is 37.3 Å². The Labute approximate surface area is 181 Å². The quantitative estimate of drug-likeness (QED) is 0.328. The van der Waals surface area contributed by atoms with Gasteiger partial charge in [-0.25, -0.2) is 10.2 Å². The SMILES string of the molecule is Cc1cc(NC(=O)N/N=C/c2cc(C)n(-c3cccc(Br)c3)c2C)ccc1Br. The number of carbonyl (C=O) groups is 1. The van der Waals surface area contributed by atoms with E-state index in [2.05, 4.69) is 64.4 Å². The summed E-state index contributed by atoms with van der Waals surface area (Å²) in [5.74, 6) is 0. The zero-order valence-corrected chi connectivity index (χ0v) is 18.9. The molecule has 144 valence electrons. The number of hydrazone groups is 1. The van der Waals surface area contributed by atoms with E-state index in [0.717, 1.165) is 37.1 Å². The second-order valence-electron chi connectivity index (χ2n) is 6.43. The van der Waals surface area contributed by atoms with Crippen LogP contribution >= 0.6 is 31.9 Å². The fourth-order valence-corrected chi connectivity index (χ4v) is 3.61. The van der Waals surface area contributed by atoms with Crippen molar-refractivity contribution >= 4 is 49.8 Å². The Hall–Kier alpha value is -2.38. The number of rotatable bonds is 4. The van der Waals surface area contributed by atoms with E-state index in [0.29, 0.717) is 5.69 Å². The smallest absolute Gasteiger partial charge is 0.318 e. The molecule has 1 aromatic heterocycles. The van der Waals surface area contributed by atoms with Gasteiger partial charge in [0.1, 0.15) is 0 Å². The van der Waals surface area contributed by atoms with Crippen LogP contribution < -0.4 is 10.7 Å². The van der Waals surface area contributed by atoms with Crippen molar-refractivity contribution in [1.82, 2.24) is 9.99 Å². The molecule has 3 aromatic rings. The number of aryl methyl sites for hydroxylation is 2. The summed E-state index contributed by atoms with van der Waals surface area (Å²) in [6, 6.07) is 15.4. The lowest BCUT2D eigenvalue weighted by Crippen LogP contribution is -2.24. The molecule has 28 heavy (non-hydrogen) atoms. The summed E-state index contributed by atoms with van der Waals surface area (Å²) in [5.41, 5.74) is 8.41. The molecule has 3 rings (SSSR count). The van der Waals surface area contributed by atoms with E-state index in [1.165, 1.54) is 0 Å². The molecule has 0 spiro atoms. The normalized spacial score (nSPS) is 11.0. The van der Waals surface area contributed by atoms with Crippen LogP contribution in [0.3, 0.4) is 0 Å². The Morgan fingerprint density at radius 1 is 1.07 bits per heavy atom. The molecule has 0 atom stereocenters. The molecule has 5 nitrogen and oxygen atoms in total. The van der Waals surface area contributed by atoms with Crippen LogP contribution in [0.5, 0.6) is 0 Å². The first kappa shape index (κ1) is 20.4. The Bertz CT molecular complexity index is 1060. The zero-order valence-electron chi connectivity index (χ0n) is 15.8. The minimum absolute atomic E-state index is 0.390. The predicted molar refractivity (Wildman–Crippen MR) is 122 cm³/mol. The number of halogens is 2. The first-order chi connectivity index (χ1) is 13.3. The van der Waals surface area contributed by atoms with Crippen LogP contribution in [0.25, 0.3) is 5.69 Å². The van der Waals surface area contributed by atoms with E-state index in [1.54, 1.807) is 6.21 Å². The van der Waals surface area contributed by atoms with Gasteiger partial charge in [-0.2, -0.15) is 5.10 Å². The minimum Gasteiger partial charge on any atom is -0.318 e. The molecule has 0 fully saturated rings. The van der Waals surface area contributed by atoms with Crippen LogP contribution in [-0.2, 0) is 0 Å². The Morgan fingerprint density at radius 3 is 2.57 bits per heavy atom. The van der Waals surface area contributed by atoms with Crippen LogP contribution in [0.2, 0.25) is 0 Å². The number of aromatic nitrogens is 1. The first-order valence-corrected chi connectivity index (χ1v) is 10.2. The summed E-state index contributed by atoms with van der Waals surface area (Å²) >= 11 is 6.95. The third-order valence-electron chi connectivity index (χ3n) is 4.32. The average Bonchev–Trinajstić information content (AvgIpc) is 2.92. The topological polar surface area (TPSA) is 58.4 Å². The largest absolute Gasteiger partial charge is 0.339 e. The second kappa shape index (κ2) is 8.75. The van der Waals surface area contributed by atoms with Crippen molar-refractivity contribution < 1.29 is 4.79 Å². The van der Waals surface area contributed by atoms with E-state index < -0.39 is 6.03 Å². The highest BCUT2D eigenvalue weighted by molar-refractivity contribution is 9.10. The van der Waals surface area contributed by atoms with Gasteiger partial charge in [-0.05, 0) is 68.8 Å². The highest BCUT2D eigenvalue weighted by atomic mass is 79.9. The summed E-state index contributed by atoms with van der Waals surface area (Å²) in [4.78, 5) is 12.1. The van der Waals surface area contributed by atoms with Gasteiger partial charge in [0.25, 0.3) is 0 Å². The second-order valence-corrected chi connectivity index (χ2v) is 8.20. The van der Waals surface area contributed by atoms with Crippen molar-refractivity contribution in [3.05, 3.63) is 80.0 Å². The molecule has 0 aliphatic heterocycles. The van der Waals surface area contributed by atoms with Crippen LogP contribution in [-0.4, -0.2) is 16.8 Å². The number of hydrogen-bond acceptors (Lipinski definition) is 2. The molecule has 2 amide bonds. The minimum atomic E-state index is -0.390. The standard InChI is InChI=1S/C21H20Br2N4O/c1-13-9-18(7-8-20(13)23)25-21(28)26-24-12-16-10-14(2)27(15(16)3)19-6-4-5-17(22)11-19/h4-12H,1-3H3,(H2,25,26,28)/b24-12+. The summed E-state index contributed by atoms with van der Waals surface area (Å²) in [5, 5.41) is 6.85. The van der Waals surface area contributed by atoms with Gasteiger partial charge in [-0.3, -0.25) is 0 Å². The molecular formula is C21H20Br2N4O. The number of carbonyl (C=O) groups excluding carboxylic acids is 1. The van der Waals surface area contributed by atoms with Gasteiger partial charge in [-0.1, -0.05) is 37.9 Å². The van der Waals surface area contributed by atoms with Gasteiger partial charge in [0.2, 0.25) is 0 Å². The predicted octanol–water partition coefficient (Wildman–Crippen LogP) is 6.08. The number of nitrogens with one attached hydrogen (secondary N) is 2. The third kappa shape index (κ3) is 4.72. The third-order valence-corrected chi connectivity index (χ3v) is 5.71. The molecule has 0 bridgehead atoms. The van der Waals surface area contributed by atoms with Crippen LogP contribution in [0.4, 0.5) is 10.5 Å². The number of hydrogen-bond donors (Lipinski definition) is 2. The van der Waals surface area contributed by atoms with E-state index in [-0.39, 0.29) is 0 Å². The van der Waals surface area contributed by atoms with Crippen molar-refractivity contribution in [3.8, 4) is 5.69 Å². The van der Waals surface area contributed by atoms with Crippen LogP contribution in [0.15, 0.2) is 62.6 Å². The number of amides is 2. The number of benzene rings is 2. The zero-order chi connectivity index (χ0) is 20.3. The van der Waals surface area contributed by atoms with Crippen molar-refractivity contribution in [2.24, 2.45) is 5.10 Å². The van der Waals surface area contributed by atoms with Crippen molar-refractivity contribution in [2.75, 3.05) is 5.32 Å². The molecule has 0 aliphatic carbocycles. The van der Waals surface area contributed by atoms with Gasteiger partial charge in [0.05, 0.1) is 6.21 Å². The van der Waals surface area contributed by atoms with Gasteiger partial charge >= 0.3 is 6.03 Å². The number of nitrogens with zero attached hydrogens (tertiary/aromatic N) is 2. The van der Waals surface area contributed by atoms with Crippen molar-refractivity contribution in [2.45, 2.75) is 20.8 Å². The molecule has 0 saturated carbocycles. The molecule has 2 aromatic carbocycles. The summed E-state index contributed by atoms with van der Waals surface area (Å²) < 4.78 is 4.17. The maximum absolute atomic E-state index is 12.1. The number of urea groups is 1. The summed E-state index contributed by atoms with van der Waals surface area (Å²) in [7, 11) is 0. The molecule has 0 saturated heterocycles. The van der Waals surface area contributed by atoms with Crippen molar-refractivity contribution in [3.63, 3.8) is 0 Å². The van der Waals surface area contributed by atoms with Crippen molar-refractivity contribution in [1.29, 1.82) is 0 Å². The maximum Gasteiger partial charge on any atom is 0.339 e. The van der Waals surface area contributed by atoms with E-state index in [1.807, 2.05) is 57.2 Å². The fourth-order valence-electron chi connectivity index (χ4n) is 2.97. The molecule has 7 heteroatoms. The monoisotopic (exact) mass is 502 g/mol. The lowest BCUT2D eigenvalue weighted by molar-refractivity contribution is 0.252. The van der Waals surface area contributed by atoms with Gasteiger partial charge in [-0.15, -0.1) is 0 Å². The van der Waals surface area contributed by atoms with Crippen LogP contribution in [0.1, 0.15) is 22.5 Å². The summed E-state index contributed by atoms with van der Waals surface area (Å²) in [6.45, 7) is 6.04. The molecule has 1 heterocycles. The van der Waals surface area contributed by atoms with Crippen LogP contribution in [0, 0.1) is 20.8 Å². The lowest BCUT2D eigenvalue weighted by atomic mass is 10.2. The highest BCUT2D eigenvalue weighted by Crippen LogP contribution is 2.22. The molecule has 2 N–H and O–H groups in total.